The summed E-state index contributed by atoms with van der Waals surface area (Å²) in [7, 11) is 4.52. The largest absolute Gasteiger partial charge is 0.493 e. The fraction of sp³-hybridized carbons (Fsp3) is 0.350. The minimum absolute atomic E-state index is 0.328. The molecule has 2 aromatic heterocycles. The van der Waals surface area contributed by atoms with Crippen molar-refractivity contribution in [1.82, 2.24) is 10.1 Å². The van der Waals surface area contributed by atoms with Gasteiger partial charge in [-0.05, 0) is 31.0 Å². The van der Waals surface area contributed by atoms with Crippen LogP contribution in [0.3, 0.4) is 0 Å². The lowest BCUT2D eigenvalue weighted by Crippen LogP contribution is -2.13. The van der Waals surface area contributed by atoms with Crippen molar-refractivity contribution in [1.29, 1.82) is 0 Å². The third-order valence-electron chi connectivity index (χ3n) is 4.72. The summed E-state index contributed by atoms with van der Waals surface area (Å²) in [4.78, 5) is 18.5. The average Bonchev–Trinajstić information content (AvgIpc) is 3.34. The number of rotatable bonds is 6. The molecule has 0 fully saturated rings. The maximum absolute atomic E-state index is 13.1. The quantitative estimate of drug-likeness (QED) is 0.633. The molecule has 0 aliphatic carbocycles. The lowest BCUT2D eigenvalue weighted by molar-refractivity contribution is 0.102. The number of hydrogen-bond donors (Lipinski definition) is 1. The summed E-state index contributed by atoms with van der Waals surface area (Å²) in [5, 5.41) is 7.50. The standard InChI is InChI=1S/C20H21N3O6S/c1-10-21-19(29-23-10)16-12-5-6-28-9-15(12)30-20(16)22-18(24)11-7-13(25-2)17(27-4)14(8-11)26-3/h7-8H,5-6,9H2,1-4H3,(H,22,24). The summed E-state index contributed by atoms with van der Waals surface area (Å²) in [6, 6.07) is 3.20. The number of methoxy groups -OCH3 is 3. The van der Waals surface area contributed by atoms with Gasteiger partial charge in [0.15, 0.2) is 17.3 Å². The summed E-state index contributed by atoms with van der Waals surface area (Å²) in [6.45, 7) is 2.84. The van der Waals surface area contributed by atoms with Crippen molar-refractivity contribution >= 4 is 22.2 Å². The molecule has 0 radical (unpaired) electrons. The number of carbonyl (C=O) groups excluding carboxylic acids is 1. The Bertz CT molecular complexity index is 1070. The third kappa shape index (κ3) is 3.59. The van der Waals surface area contributed by atoms with E-state index in [9.17, 15) is 4.79 Å². The van der Waals surface area contributed by atoms with Crippen molar-refractivity contribution in [3.05, 3.63) is 34.0 Å². The number of benzene rings is 1. The predicted molar refractivity (Wildman–Crippen MR) is 110 cm³/mol. The Hall–Kier alpha value is -3.11. The topological polar surface area (TPSA) is 105 Å². The molecule has 1 aromatic carbocycles. The van der Waals surface area contributed by atoms with E-state index in [1.54, 1.807) is 19.1 Å². The fourth-order valence-corrected chi connectivity index (χ4v) is 4.50. The Morgan fingerprint density at radius 1 is 1.17 bits per heavy atom. The highest BCUT2D eigenvalue weighted by molar-refractivity contribution is 7.17. The highest BCUT2D eigenvalue weighted by Gasteiger charge is 2.27. The molecule has 0 saturated carbocycles. The summed E-state index contributed by atoms with van der Waals surface area (Å²) < 4.78 is 27.0. The highest BCUT2D eigenvalue weighted by atomic mass is 32.1. The van der Waals surface area contributed by atoms with Gasteiger partial charge in [0.05, 0.1) is 40.1 Å². The van der Waals surface area contributed by atoms with Crippen LogP contribution < -0.4 is 19.5 Å². The van der Waals surface area contributed by atoms with Crippen molar-refractivity contribution in [3.63, 3.8) is 0 Å². The molecule has 1 amide bonds. The molecule has 30 heavy (non-hydrogen) atoms. The van der Waals surface area contributed by atoms with Gasteiger partial charge in [-0.1, -0.05) is 5.16 Å². The third-order valence-corrected chi connectivity index (χ3v) is 5.84. The van der Waals surface area contributed by atoms with E-state index in [4.69, 9.17) is 23.5 Å². The van der Waals surface area contributed by atoms with Crippen LogP contribution in [0, 0.1) is 6.92 Å². The number of fused-ring (bicyclic) bond motifs is 1. The molecule has 10 heteroatoms. The Morgan fingerprint density at radius 3 is 2.50 bits per heavy atom. The molecule has 3 heterocycles. The van der Waals surface area contributed by atoms with Crippen LogP contribution in [0.1, 0.15) is 26.6 Å². The van der Waals surface area contributed by atoms with Crippen LogP contribution in [0.2, 0.25) is 0 Å². The average molecular weight is 431 g/mol. The van der Waals surface area contributed by atoms with Crippen LogP contribution in [0.4, 0.5) is 5.00 Å². The van der Waals surface area contributed by atoms with E-state index in [0.29, 0.717) is 59.2 Å². The van der Waals surface area contributed by atoms with E-state index in [2.05, 4.69) is 15.5 Å². The Labute approximate surface area is 176 Å². The van der Waals surface area contributed by atoms with Gasteiger partial charge >= 0.3 is 0 Å². The molecular weight excluding hydrogens is 410 g/mol. The van der Waals surface area contributed by atoms with Crippen molar-refractivity contribution in [2.45, 2.75) is 20.0 Å². The van der Waals surface area contributed by atoms with Gasteiger partial charge in [0.2, 0.25) is 5.75 Å². The number of thiophene rings is 1. The number of hydrogen-bond acceptors (Lipinski definition) is 9. The molecular formula is C20H21N3O6S. The Morgan fingerprint density at radius 2 is 1.90 bits per heavy atom. The number of aryl methyl sites for hydroxylation is 1. The molecule has 3 aromatic rings. The van der Waals surface area contributed by atoms with Gasteiger partial charge in [-0.15, -0.1) is 11.3 Å². The van der Waals surface area contributed by atoms with Gasteiger partial charge in [0, 0.05) is 10.4 Å². The second-order valence-electron chi connectivity index (χ2n) is 6.53. The number of nitrogens with zero attached hydrogens (tertiary/aromatic N) is 2. The smallest absolute Gasteiger partial charge is 0.261 e. The van der Waals surface area contributed by atoms with Crippen molar-refractivity contribution < 1.29 is 28.3 Å². The maximum atomic E-state index is 13.1. The van der Waals surface area contributed by atoms with Crippen LogP contribution in [0.5, 0.6) is 17.2 Å². The first-order chi connectivity index (χ1) is 14.5. The molecule has 0 bridgehead atoms. The molecule has 158 valence electrons. The molecule has 4 rings (SSSR count). The summed E-state index contributed by atoms with van der Waals surface area (Å²) in [6.07, 6.45) is 0.711. The first kappa shape index (κ1) is 20.2. The van der Waals surface area contributed by atoms with E-state index in [-0.39, 0.29) is 5.91 Å². The van der Waals surface area contributed by atoms with E-state index in [1.165, 1.54) is 32.7 Å². The van der Waals surface area contributed by atoms with Crippen LogP contribution in [-0.4, -0.2) is 44.0 Å². The normalized spacial score (nSPS) is 12.9. The van der Waals surface area contributed by atoms with Gasteiger partial charge in [0.1, 0.15) is 5.00 Å². The lowest BCUT2D eigenvalue weighted by Gasteiger charge is -2.14. The first-order valence-corrected chi connectivity index (χ1v) is 10.0. The van der Waals surface area contributed by atoms with Crippen molar-refractivity contribution in [2.24, 2.45) is 0 Å². The van der Waals surface area contributed by atoms with Crippen molar-refractivity contribution in [2.75, 3.05) is 33.3 Å². The van der Waals surface area contributed by atoms with Crippen molar-refractivity contribution in [3.8, 4) is 28.7 Å². The molecule has 1 aliphatic heterocycles. The fourth-order valence-electron chi connectivity index (χ4n) is 3.33. The van der Waals surface area contributed by atoms with E-state index < -0.39 is 0 Å². The Kier molecular flexibility index (Phi) is 5.60. The summed E-state index contributed by atoms with van der Waals surface area (Å²) in [5.41, 5.74) is 2.18. The molecule has 1 aliphatic rings. The molecule has 0 unspecified atom stereocenters. The lowest BCUT2D eigenvalue weighted by atomic mass is 10.1. The van der Waals surface area contributed by atoms with Crippen LogP contribution in [0.25, 0.3) is 11.5 Å². The minimum atomic E-state index is -0.328. The van der Waals surface area contributed by atoms with Gasteiger partial charge in [-0.2, -0.15) is 4.98 Å². The zero-order valence-corrected chi connectivity index (χ0v) is 17.8. The first-order valence-electron chi connectivity index (χ1n) is 9.20. The highest BCUT2D eigenvalue weighted by Crippen LogP contribution is 2.43. The SMILES string of the molecule is COc1cc(C(=O)Nc2sc3c(c2-c2nc(C)no2)CCOC3)cc(OC)c1OC. The number of ether oxygens (including phenoxy) is 4. The number of nitrogens with one attached hydrogen (secondary N) is 1. The zero-order chi connectivity index (χ0) is 21.3. The second-order valence-corrected chi connectivity index (χ2v) is 7.63. The maximum Gasteiger partial charge on any atom is 0.261 e. The van der Waals surface area contributed by atoms with Gasteiger partial charge < -0.3 is 28.8 Å². The van der Waals surface area contributed by atoms with Crippen LogP contribution in [0.15, 0.2) is 16.7 Å². The molecule has 0 saturated heterocycles. The van der Waals surface area contributed by atoms with E-state index in [0.717, 1.165) is 16.0 Å². The number of amides is 1. The van der Waals surface area contributed by atoms with Gasteiger partial charge in [0.25, 0.3) is 11.8 Å². The number of aromatic nitrogens is 2. The molecule has 9 nitrogen and oxygen atoms in total. The minimum Gasteiger partial charge on any atom is -0.493 e. The Balaban J connectivity index is 1.73. The predicted octanol–water partition coefficient (Wildman–Crippen LogP) is 3.46. The van der Waals surface area contributed by atoms with E-state index in [1.807, 2.05) is 0 Å². The number of anilines is 1. The van der Waals surface area contributed by atoms with Gasteiger partial charge in [-0.25, -0.2) is 0 Å². The van der Waals surface area contributed by atoms with Crippen LogP contribution in [-0.2, 0) is 17.8 Å². The molecule has 1 N–H and O–H groups in total. The number of carbonyl (C=O) groups is 1. The molecule has 0 spiro atoms. The van der Waals surface area contributed by atoms with Crippen LogP contribution >= 0.6 is 11.3 Å². The zero-order valence-electron chi connectivity index (χ0n) is 17.0. The summed E-state index contributed by atoms with van der Waals surface area (Å²) >= 11 is 1.44. The van der Waals surface area contributed by atoms with E-state index >= 15 is 0 Å². The van der Waals surface area contributed by atoms with Gasteiger partial charge in [-0.3, -0.25) is 4.79 Å². The second kappa shape index (κ2) is 8.33. The monoisotopic (exact) mass is 431 g/mol. The summed E-state index contributed by atoms with van der Waals surface area (Å²) in [5.74, 6) is 1.79. The molecule has 0 atom stereocenters.